The molecule has 0 aliphatic heterocycles. The van der Waals surface area contributed by atoms with Gasteiger partial charge in [-0.3, -0.25) is 4.79 Å². The van der Waals surface area contributed by atoms with Crippen LogP contribution in [-0.4, -0.2) is 18.7 Å². The van der Waals surface area contributed by atoms with Gasteiger partial charge in [0.2, 0.25) is 5.91 Å². The molecule has 1 amide bonds. The molecular formula is C13H20N2OS. The van der Waals surface area contributed by atoms with Gasteiger partial charge in [-0.15, -0.1) is 11.8 Å². The second kappa shape index (κ2) is 6.07. The largest absolute Gasteiger partial charge is 0.329 e. The molecule has 1 unspecified atom stereocenters. The van der Waals surface area contributed by atoms with Gasteiger partial charge in [-0.25, -0.2) is 0 Å². The van der Waals surface area contributed by atoms with E-state index in [0.717, 1.165) is 12.1 Å². The molecule has 0 aliphatic rings. The molecule has 0 bridgehead atoms. The van der Waals surface area contributed by atoms with Crippen LogP contribution in [0.5, 0.6) is 0 Å². The fourth-order valence-electron chi connectivity index (χ4n) is 1.35. The Morgan fingerprint density at radius 2 is 2.00 bits per heavy atom. The van der Waals surface area contributed by atoms with Gasteiger partial charge in [0.1, 0.15) is 0 Å². The maximum Gasteiger partial charge on any atom is 0.231 e. The highest BCUT2D eigenvalue weighted by Gasteiger charge is 2.29. The van der Waals surface area contributed by atoms with E-state index in [2.05, 4.69) is 5.32 Å². The van der Waals surface area contributed by atoms with E-state index in [4.69, 9.17) is 5.73 Å². The topological polar surface area (TPSA) is 55.1 Å². The van der Waals surface area contributed by atoms with Crippen molar-refractivity contribution in [3.05, 3.63) is 24.3 Å². The van der Waals surface area contributed by atoms with Crippen molar-refractivity contribution in [3.8, 4) is 0 Å². The zero-order chi connectivity index (χ0) is 12.9. The zero-order valence-corrected chi connectivity index (χ0v) is 11.4. The standard InChI is InChI=1S/C13H20N2OS/c1-4-13(2,9-14)12(16)15-10-5-7-11(17-3)8-6-10/h5-8H,4,9,14H2,1-3H3,(H,15,16). The SMILES string of the molecule is CCC(C)(CN)C(=O)Nc1ccc(SC)cc1. The number of hydrogen-bond acceptors (Lipinski definition) is 3. The Balaban J connectivity index is 2.73. The van der Waals surface area contributed by atoms with Crippen LogP contribution in [0.15, 0.2) is 29.2 Å². The molecule has 1 atom stereocenters. The van der Waals surface area contributed by atoms with Gasteiger partial charge in [0.25, 0.3) is 0 Å². The fraction of sp³-hybridized carbons (Fsp3) is 0.462. The molecule has 94 valence electrons. The monoisotopic (exact) mass is 252 g/mol. The number of carbonyl (C=O) groups is 1. The molecule has 1 rings (SSSR count). The van der Waals surface area contributed by atoms with Crippen molar-refractivity contribution in [1.82, 2.24) is 0 Å². The van der Waals surface area contributed by atoms with E-state index in [9.17, 15) is 4.79 Å². The molecule has 4 heteroatoms. The van der Waals surface area contributed by atoms with Crippen molar-refractivity contribution in [2.45, 2.75) is 25.2 Å². The zero-order valence-electron chi connectivity index (χ0n) is 10.6. The maximum absolute atomic E-state index is 12.1. The number of carbonyl (C=O) groups excluding carboxylic acids is 1. The summed E-state index contributed by atoms with van der Waals surface area (Å²) in [6.07, 6.45) is 2.76. The van der Waals surface area contributed by atoms with Crippen molar-refractivity contribution < 1.29 is 4.79 Å². The van der Waals surface area contributed by atoms with Crippen LogP contribution in [0.4, 0.5) is 5.69 Å². The van der Waals surface area contributed by atoms with Crippen LogP contribution in [0.2, 0.25) is 0 Å². The highest BCUT2D eigenvalue weighted by Crippen LogP contribution is 2.23. The lowest BCUT2D eigenvalue weighted by atomic mass is 9.86. The maximum atomic E-state index is 12.1. The number of thioether (sulfide) groups is 1. The molecule has 3 N–H and O–H groups in total. The van der Waals surface area contributed by atoms with Gasteiger partial charge < -0.3 is 11.1 Å². The third-order valence-corrected chi connectivity index (χ3v) is 3.87. The molecule has 1 aromatic carbocycles. The molecule has 0 fully saturated rings. The number of nitrogens with two attached hydrogens (primary N) is 1. The number of amides is 1. The minimum Gasteiger partial charge on any atom is -0.329 e. The molecular weight excluding hydrogens is 232 g/mol. The average molecular weight is 252 g/mol. The number of benzene rings is 1. The summed E-state index contributed by atoms with van der Waals surface area (Å²) < 4.78 is 0. The van der Waals surface area contributed by atoms with Crippen molar-refractivity contribution in [2.75, 3.05) is 18.1 Å². The minimum absolute atomic E-state index is 0.0144. The summed E-state index contributed by atoms with van der Waals surface area (Å²) in [7, 11) is 0. The number of rotatable bonds is 5. The van der Waals surface area contributed by atoms with Crippen LogP contribution in [0, 0.1) is 5.41 Å². The van der Waals surface area contributed by atoms with Gasteiger partial charge in [-0.05, 0) is 43.9 Å². The Morgan fingerprint density at radius 1 is 1.41 bits per heavy atom. The molecule has 3 nitrogen and oxygen atoms in total. The number of nitrogens with one attached hydrogen (secondary N) is 1. The number of hydrogen-bond donors (Lipinski definition) is 2. The van der Waals surface area contributed by atoms with Gasteiger partial charge in [-0.2, -0.15) is 0 Å². The van der Waals surface area contributed by atoms with Crippen LogP contribution < -0.4 is 11.1 Å². The normalized spacial score (nSPS) is 14.1. The van der Waals surface area contributed by atoms with Crippen LogP contribution in [0.1, 0.15) is 20.3 Å². The van der Waals surface area contributed by atoms with E-state index in [-0.39, 0.29) is 5.91 Å². The smallest absolute Gasteiger partial charge is 0.231 e. The first-order chi connectivity index (χ1) is 8.05. The van der Waals surface area contributed by atoms with E-state index in [1.54, 1.807) is 11.8 Å². The highest BCUT2D eigenvalue weighted by molar-refractivity contribution is 7.98. The summed E-state index contributed by atoms with van der Waals surface area (Å²) in [5.41, 5.74) is 5.99. The van der Waals surface area contributed by atoms with E-state index in [0.29, 0.717) is 6.54 Å². The third kappa shape index (κ3) is 3.48. The van der Waals surface area contributed by atoms with E-state index in [1.165, 1.54) is 4.90 Å². The molecule has 0 saturated heterocycles. The average Bonchev–Trinajstić information content (AvgIpc) is 2.38. The summed E-state index contributed by atoms with van der Waals surface area (Å²) in [6.45, 7) is 4.22. The lowest BCUT2D eigenvalue weighted by Gasteiger charge is -2.24. The fourth-order valence-corrected chi connectivity index (χ4v) is 1.76. The molecule has 1 aromatic rings. The summed E-state index contributed by atoms with van der Waals surface area (Å²) >= 11 is 1.68. The summed E-state index contributed by atoms with van der Waals surface area (Å²) in [4.78, 5) is 13.2. The molecule has 0 radical (unpaired) electrons. The quantitative estimate of drug-likeness (QED) is 0.792. The molecule has 17 heavy (non-hydrogen) atoms. The van der Waals surface area contributed by atoms with Gasteiger partial charge in [0.05, 0.1) is 5.41 Å². The molecule has 0 aliphatic carbocycles. The highest BCUT2D eigenvalue weighted by atomic mass is 32.2. The van der Waals surface area contributed by atoms with Gasteiger partial charge in [0.15, 0.2) is 0 Å². The van der Waals surface area contributed by atoms with Crippen LogP contribution in [0.3, 0.4) is 0 Å². The van der Waals surface area contributed by atoms with E-state index >= 15 is 0 Å². The Bertz CT molecular complexity index is 372. The first-order valence-electron chi connectivity index (χ1n) is 5.71. The second-order valence-corrected chi connectivity index (χ2v) is 5.18. The lowest BCUT2D eigenvalue weighted by Crippen LogP contribution is -2.39. The molecule has 0 heterocycles. The van der Waals surface area contributed by atoms with Gasteiger partial charge in [-0.1, -0.05) is 6.92 Å². The van der Waals surface area contributed by atoms with Crippen molar-refractivity contribution >= 4 is 23.4 Å². The predicted molar refractivity (Wildman–Crippen MR) is 74.3 cm³/mol. The summed E-state index contributed by atoms with van der Waals surface area (Å²) in [5.74, 6) is -0.0144. The number of anilines is 1. The minimum atomic E-state index is -0.488. The van der Waals surface area contributed by atoms with Crippen LogP contribution in [-0.2, 0) is 4.79 Å². The molecule has 0 saturated carbocycles. The Hall–Kier alpha value is -1.00. The second-order valence-electron chi connectivity index (χ2n) is 4.30. The Morgan fingerprint density at radius 3 is 2.41 bits per heavy atom. The Labute approximate surface area is 107 Å². The third-order valence-electron chi connectivity index (χ3n) is 3.13. The van der Waals surface area contributed by atoms with Crippen molar-refractivity contribution in [3.63, 3.8) is 0 Å². The van der Waals surface area contributed by atoms with E-state index < -0.39 is 5.41 Å². The van der Waals surface area contributed by atoms with Crippen molar-refractivity contribution in [1.29, 1.82) is 0 Å². The molecule has 0 spiro atoms. The predicted octanol–water partition coefficient (Wildman–Crippen LogP) is 2.72. The first kappa shape index (κ1) is 14.1. The van der Waals surface area contributed by atoms with E-state index in [1.807, 2.05) is 44.4 Å². The summed E-state index contributed by atoms with van der Waals surface area (Å²) in [6, 6.07) is 7.81. The van der Waals surface area contributed by atoms with Crippen molar-refractivity contribution in [2.24, 2.45) is 11.1 Å². The van der Waals surface area contributed by atoms with Gasteiger partial charge >= 0.3 is 0 Å². The Kier molecular flexibility index (Phi) is 5.02. The van der Waals surface area contributed by atoms with Crippen LogP contribution in [0.25, 0.3) is 0 Å². The van der Waals surface area contributed by atoms with Crippen LogP contribution >= 0.6 is 11.8 Å². The lowest BCUT2D eigenvalue weighted by molar-refractivity contribution is -0.124. The molecule has 0 aromatic heterocycles. The van der Waals surface area contributed by atoms with Gasteiger partial charge in [0, 0.05) is 17.1 Å². The first-order valence-corrected chi connectivity index (χ1v) is 6.94. The summed E-state index contributed by atoms with van der Waals surface area (Å²) in [5, 5.41) is 2.91.